The molecule has 0 bridgehead atoms. The van der Waals surface area contributed by atoms with E-state index in [4.69, 9.17) is 4.74 Å². The number of alkyl halides is 3. The first-order chi connectivity index (χ1) is 8.93. The summed E-state index contributed by atoms with van der Waals surface area (Å²) >= 11 is 0. The lowest BCUT2D eigenvalue weighted by Gasteiger charge is -2.10. The lowest BCUT2D eigenvalue weighted by molar-refractivity contribution is -0.137. The maximum atomic E-state index is 12.4. The Hall–Kier alpha value is -1.76. The SMILES string of the molecule is CNCCNC(=O)COc1cccc(C(F)(F)F)c1. The van der Waals surface area contributed by atoms with E-state index in [1.54, 1.807) is 7.05 Å². The van der Waals surface area contributed by atoms with Crippen LogP contribution in [-0.2, 0) is 11.0 Å². The fraction of sp³-hybridized carbons (Fsp3) is 0.417. The average molecular weight is 276 g/mol. The lowest BCUT2D eigenvalue weighted by atomic mass is 10.2. The summed E-state index contributed by atoms with van der Waals surface area (Å²) in [4.78, 5) is 11.3. The molecule has 2 N–H and O–H groups in total. The molecule has 1 rings (SSSR count). The normalized spacial score (nSPS) is 11.2. The van der Waals surface area contributed by atoms with E-state index in [-0.39, 0.29) is 18.3 Å². The highest BCUT2D eigenvalue weighted by molar-refractivity contribution is 5.77. The van der Waals surface area contributed by atoms with E-state index in [9.17, 15) is 18.0 Å². The van der Waals surface area contributed by atoms with Gasteiger partial charge in [-0.15, -0.1) is 0 Å². The monoisotopic (exact) mass is 276 g/mol. The minimum Gasteiger partial charge on any atom is -0.484 e. The second kappa shape index (κ2) is 6.98. The minimum absolute atomic E-state index is 0.0126. The summed E-state index contributed by atoms with van der Waals surface area (Å²) in [5.74, 6) is -0.369. The minimum atomic E-state index is -4.42. The van der Waals surface area contributed by atoms with Crippen LogP contribution in [0.2, 0.25) is 0 Å². The fourth-order valence-corrected chi connectivity index (χ4v) is 1.29. The van der Waals surface area contributed by atoms with E-state index < -0.39 is 11.7 Å². The Morgan fingerprint density at radius 2 is 2.05 bits per heavy atom. The van der Waals surface area contributed by atoms with Crippen molar-refractivity contribution in [2.45, 2.75) is 6.18 Å². The summed E-state index contributed by atoms with van der Waals surface area (Å²) in [6, 6.07) is 4.41. The Labute approximate surface area is 108 Å². The smallest absolute Gasteiger partial charge is 0.416 e. The third-order valence-electron chi connectivity index (χ3n) is 2.23. The van der Waals surface area contributed by atoms with E-state index >= 15 is 0 Å². The molecule has 0 atom stereocenters. The second-order valence-electron chi connectivity index (χ2n) is 3.77. The van der Waals surface area contributed by atoms with Gasteiger partial charge in [-0.1, -0.05) is 6.07 Å². The molecule has 1 amide bonds. The molecule has 1 aromatic rings. The zero-order chi connectivity index (χ0) is 14.3. The number of ether oxygens (including phenoxy) is 1. The van der Waals surface area contributed by atoms with E-state index in [1.165, 1.54) is 12.1 Å². The molecule has 0 aliphatic carbocycles. The number of carbonyl (C=O) groups excluding carboxylic acids is 1. The first-order valence-electron chi connectivity index (χ1n) is 5.65. The van der Waals surface area contributed by atoms with Gasteiger partial charge in [0.05, 0.1) is 5.56 Å². The maximum absolute atomic E-state index is 12.4. The predicted octanol–water partition coefficient (Wildman–Crippen LogP) is 1.42. The summed E-state index contributed by atoms with van der Waals surface area (Å²) in [7, 11) is 1.74. The van der Waals surface area contributed by atoms with Gasteiger partial charge in [0.2, 0.25) is 0 Å². The molecule has 0 aromatic heterocycles. The van der Waals surface area contributed by atoms with Crippen molar-refractivity contribution in [3.8, 4) is 5.75 Å². The third kappa shape index (κ3) is 5.60. The molecule has 0 radical (unpaired) electrons. The van der Waals surface area contributed by atoms with Crippen molar-refractivity contribution in [2.24, 2.45) is 0 Å². The van der Waals surface area contributed by atoms with Gasteiger partial charge in [-0.3, -0.25) is 4.79 Å². The molecule has 106 valence electrons. The Balaban J connectivity index is 2.47. The largest absolute Gasteiger partial charge is 0.484 e. The van der Waals surface area contributed by atoms with Gasteiger partial charge in [0.25, 0.3) is 5.91 Å². The zero-order valence-electron chi connectivity index (χ0n) is 10.4. The van der Waals surface area contributed by atoms with E-state index in [0.29, 0.717) is 13.1 Å². The molecule has 0 unspecified atom stereocenters. The lowest BCUT2D eigenvalue weighted by Crippen LogP contribution is -2.33. The Morgan fingerprint density at radius 1 is 1.32 bits per heavy atom. The van der Waals surface area contributed by atoms with Crippen molar-refractivity contribution in [1.82, 2.24) is 10.6 Å². The van der Waals surface area contributed by atoms with Crippen LogP contribution in [0, 0.1) is 0 Å². The van der Waals surface area contributed by atoms with Gasteiger partial charge in [0.1, 0.15) is 5.75 Å². The first-order valence-corrected chi connectivity index (χ1v) is 5.65. The fourth-order valence-electron chi connectivity index (χ4n) is 1.29. The number of hydrogen-bond donors (Lipinski definition) is 2. The second-order valence-corrected chi connectivity index (χ2v) is 3.77. The molecule has 1 aromatic carbocycles. The molecular weight excluding hydrogens is 261 g/mol. The number of halogens is 3. The average Bonchev–Trinajstić information content (AvgIpc) is 2.36. The zero-order valence-corrected chi connectivity index (χ0v) is 10.4. The summed E-state index contributed by atoms with van der Waals surface area (Å²) in [6.45, 7) is 0.724. The van der Waals surface area contributed by atoms with Crippen molar-refractivity contribution in [3.63, 3.8) is 0 Å². The summed E-state index contributed by atoms with van der Waals surface area (Å²) in [5.41, 5.74) is -0.805. The Morgan fingerprint density at radius 3 is 2.68 bits per heavy atom. The highest BCUT2D eigenvalue weighted by atomic mass is 19.4. The van der Waals surface area contributed by atoms with Gasteiger partial charge in [0, 0.05) is 13.1 Å². The first kappa shape index (κ1) is 15.3. The predicted molar refractivity (Wildman–Crippen MR) is 63.9 cm³/mol. The van der Waals surface area contributed by atoms with Crippen molar-refractivity contribution >= 4 is 5.91 Å². The van der Waals surface area contributed by atoms with Crippen LogP contribution in [0.25, 0.3) is 0 Å². The third-order valence-corrected chi connectivity index (χ3v) is 2.23. The van der Waals surface area contributed by atoms with Crippen LogP contribution >= 0.6 is 0 Å². The number of benzene rings is 1. The molecule has 0 saturated heterocycles. The van der Waals surface area contributed by atoms with Crippen LogP contribution in [0.1, 0.15) is 5.56 Å². The van der Waals surface area contributed by atoms with E-state index in [0.717, 1.165) is 12.1 Å². The van der Waals surface area contributed by atoms with Crippen LogP contribution in [0.3, 0.4) is 0 Å². The van der Waals surface area contributed by atoms with Gasteiger partial charge < -0.3 is 15.4 Å². The molecule has 0 aliphatic rings. The van der Waals surface area contributed by atoms with Crippen molar-refractivity contribution in [2.75, 3.05) is 26.7 Å². The molecule has 19 heavy (non-hydrogen) atoms. The summed E-state index contributed by atoms with van der Waals surface area (Å²) in [6.07, 6.45) is -4.42. The molecule has 0 saturated carbocycles. The van der Waals surface area contributed by atoms with Crippen molar-refractivity contribution < 1.29 is 22.7 Å². The Bertz CT molecular complexity index is 422. The van der Waals surface area contributed by atoms with Crippen LogP contribution in [0.15, 0.2) is 24.3 Å². The number of rotatable bonds is 6. The summed E-state index contributed by atoms with van der Waals surface area (Å²) < 4.78 is 42.3. The summed E-state index contributed by atoms with van der Waals surface area (Å²) in [5, 5.41) is 5.39. The number of likely N-dealkylation sites (N-methyl/N-ethyl adjacent to an activating group) is 1. The molecule has 7 heteroatoms. The van der Waals surface area contributed by atoms with Crippen LogP contribution in [-0.4, -0.2) is 32.7 Å². The van der Waals surface area contributed by atoms with Gasteiger partial charge in [-0.2, -0.15) is 13.2 Å². The van der Waals surface area contributed by atoms with Crippen molar-refractivity contribution in [1.29, 1.82) is 0 Å². The molecular formula is C12H15F3N2O2. The van der Waals surface area contributed by atoms with Crippen LogP contribution in [0.5, 0.6) is 5.75 Å². The van der Waals surface area contributed by atoms with Crippen LogP contribution in [0.4, 0.5) is 13.2 Å². The molecule has 0 fully saturated rings. The molecule has 0 aliphatic heterocycles. The molecule has 0 heterocycles. The Kier molecular flexibility index (Phi) is 5.62. The number of amides is 1. The standard InChI is InChI=1S/C12H15F3N2O2/c1-16-5-6-17-11(18)8-19-10-4-2-3-9(7-10)12(13,14)15/h2-4,7,16H,5-6,8H2,1H3,(H,17,18). The van der Waals surface area contributed by atoms with Gasteiger partial charge in [0.15, 0.2) is 6.61 Å². The van der Waals surface area contributed by atoms with Crippen molar-refractivity contribution in [3.05, 3.63) is 29.8 Å². The molecule has 0 spiro atoms. The molecule has 4 nitrogen and oxygen atoms in total. The van der Waals surface area contributed by atoms with Gasteiger partial charge in [-0.25, -0.2) is 0 Å². The van der Waals surface area contributed by atoms with E-state index in [2.05, 4.69) is 10.6 Å². The highest BCUT2D eigenvalue weighted by Crippen LogP contribution is 2.31. The number of hydrogen-bond acceptors (Lipinski definition) is 3. The number of carbonyl (C=O) groups is 1. The van der Waals surface area contributed by atoms with E-state index in [1.807, 2.05) is 0 Å². The maximum Gasteiger partial charge on any atom is 0.416 e. The topological polar surface area (TPSA) is 50.4 Å². The van der Waals surface area contributed by atoms with Gasteiger partial charge >= 0.3 is 6.18 Å². The van der Waals surface area contributed by atoms with Crippen LogP contribution < -0.4 is 15.4 Å². The van der Waals surface area contributed by atoms with Gasteiger partial charge in [-0.05, 0) is 25.2 Å². The number of nitrogens with one attached hydrogen (secondary N) is 2. The highest BCUT2D eigenvalue weighted by Gasteiger charge is 2.30. The quantitative estimate of drug-likeness (QED) is 0.773.